The van der Waals surface area contributed by atoms with Crippen molar-refractivity contribution in [2.24, 2.45) is 5.73 Å². The number of hydrogen-bond donors (Lipinski definition) is 6. The van der Waals surface area contributed by atoms with Gasteiger partial charge in [-0.1, -0.05) is 42.5 Å². The Hall–Kier alpha value is -3.57. The summed E-state index contributed by atoms with van der Waals surface area (Å²) >= 11 is 3.98. The number of carbonyl (C=O) groups is 4. The number of phenolic OH excluding ortho intramolecular Hbond substituents is 1. The molecule has 4 atom stereocenters. The van der Waals surface area contributed by atoms with Crippen LogP contribution in [-0.2, 0) is 32.0 Å². The minimum Gasteiger partial charge on any atom is -0.508 e. The fourth-order valence-corrected chi connectivity index (χ4v) is 4.52. The normalized spacial score (nSPS) is 17.5. The number of nitrogens with zero attached hydrogens (tertiary/aromatic N) is 1. The molecule has 0 saturated carbocycles. The molecule has 1 aliphatic rings. The van der Waals surface area contributed by atoms with E-state index < -0.39 is 42.0 Å². The van der Waals surface area contributed by atoms with E-state index in [1.165, 1.54) is 17.0 Å². The summed E-state index contributed by atoms with van der Waals surface area (Å²) in [4.78, 5) is 52.2. The van der Waals surface area contributed by atoms with Crippen LogP contribution in [0.3, 0.4) is 0 Å². The molecule has 1 saturated heterocycles. The van der Waals surface area contributed by atoms with Gasteiger partial charge in [0.1, 0.15) is 23.9 Å². The van der Waals surface area contributed by atoms with E-state index in [1.807, 2.05) is 6.07 Å². The maximum Gasteiger partial charge on any atom is 0.327 e. The molecule has 0 aromatic heterocycles. The zero-order valence-corrected chi connectivity index (χ0v) is 21.1. The molecule has 4 unspecified atom stereocenters. The highest BCUT2D eigenvalue weighted by molar-refractivity contribution is 7.80. The molecule has 3 amide bonds. The Morgan fingerprint density at radius 2 is 1.62 bits per heavy atom. The third-order valence-corrected chi connectivity index (χ3v) is 6.63. The van der Waals surface area contributed by atoms with Crippen LogP contribution in [0, 0.1) is 0 Å². The first-order valence-electron chi connectivity index (χ1n) is 12.0. The van der Waals surface area contributed by atoms with Crippen LogP contribution in [0.15, 0.2) is 54.6 Å². The van der Waals surface area contributed by atoms with E-state index in [1.54, 1.807) is 36.4 Å². The topological polar surface area (TPSA) is 162 Å². The lowest BCUT2D eigenvalue weighted by Gasteiger charge is -2.28. The molecule has 10 nitrogen and oxygen atoms in total. The lowest BCUT2D eigenvalue weighted by Crippen LogP contribution is -2.57. The highest BCUT2D eigenvalue weighted by atomic mass is 32.1. The summed E-state index contributed by atoms with van der Waals surface area (Å²) < 4.78 is 0. The van der Waals surface area contributed by atoms with Gasteiger partial charge in [0.05, 0.1) is 6.04 Å². The number of nitrogens with one attached hydrogen (secondary N) is 2. The highest BCUT2D eigenvalue weighted by Crippen LogP contribution is 2.20. The number of benzene rings is 2. The monoisotopic (exact) mass is 528 g/mol. The number of thiol groups is 1. The molecule has 0 spiro atoms. The van der Waals surface area contributed by atoms with Gasteiger partial charge in [-0.25, -0.2) is 4.79 Å². The predicted molar refractivity (Wildman–Crippen MR) is 140 cm³/mol. The molecule has 37 heavy (non-hydrogen) atoms. The van der Waals surface area contributed by atoms with Crippen molar-refractivity contribution in [1.82, 2.24) is 15.5 Å². The summed E-state index contributed by atoms with van der Waals surface area (Å²) in [5, 5.41) is 23.9. The molecule has 0 radical (unpaired) electrons. The molecule has 1 heterocycles. The maximum absolute atomic E-state index is 13.3. The second-order valence-electron chi connectivity index (χ2n) is 9.00. The van der Waals surface area contributed by atoms with Gasteiger partial charge in [0, 0.05) is 18.7 Å². The van der Waals surface area contributed by atoms with Crippen LogP contribution in [0.25, 0.3) is 0 Å². The van der Waals surface area contributed by atoms with Gasteiger partial charge < -0.3 is 31.5 Å². The van der Waals surface area contributed by atoms with Crippen molar-refractivity contribution in [1.29, 1.82) is 0 Å². The third kappa shape index (κ3) is 7.70. The summed E-state index contributed by atoms with van der Waals surface area (Å²) in [6.45, 7) is 0.358. The molecule has 11 heteroatoms. The smallest absolute Gasteiger partial charge is 0.327 e. The van der Waals surface area contributed by atoms with Crippen molar-refractivity contribution in [2.45, 2.75) is 49.9 Å². The van der Waals surface area contributed by atoms with Gasteiger partial charge in [-0.15, -0.1) is 0 Å². The molecule has 3 rings (SSSR count). The molecule has 0 bridgehead atoms. The number of likely N-dealkylation sites (tertiary alicyclic amines) is 1. The lowest BCUT2D eigenvalue weighted by atomic mass is 10.0. The summed E-state index contributed by atoms with van der Waals surface area (Å²) in [5.74, 6) is -2.77. The van der Waals surface area contributed by atoms with E-state index in [4.69, 9.17) is 5.73 Å². The second kappa shape index (κ2) is 13.1. The molecule has 6 N–H and O–H groups in total. The fraction of sp³-hybridized carbons (Fsp3) is 0.385. The Morgan fingerprint density at radius 1 is 0.973 bits per heavy atom. The van der Waals surface area contributed by atoms with Gasteiger partial charge in [0.25, 0.3) is 0 Å². The average Bonchev–Trinajstić information content (AvgIpc) is 3.38. The van der Waals surface area contributed by atoms with Crippen molar-refractivity contribution in [2.75, 3.05) is 12.3 Å². The number of phenols is 1. The minimum atomic E-state index is -1.23. The van der Waals surface area contributed by atoms with Crippen molar-refractivity contribution in [3.63, 3.8) is 0 Å². The van der Waals surface area contributed by atoms with Gasteiger partial charge in [-0.3, -0.25) is 14.4 Å². The van der Waals surface area contributed by atoms with E-state index in [0.29, 0.717) is 19.4 Å². The SMILES string of the molecule is NC(Cc1ccc(O)cc1)C(=O)N1CCCC1C(=O)NC(Cc1ccccc1)C(=O)NC(CS)C(=O)O. The molecular formula is C26H32N4O6S. The predicted octanol–water partition coefficient (Wildman–Crippen LogP) is 0.480. The van der Waals surface area contributed by atoms with Crippen molar-refractivity contribution in [3.8, 4) is 5.75 Å². The molecule has 1 aliphatic heterocycles. The van der Waals surface area contributed by atoms with Gasteiger partial charge in [-0.2, -0.15) is 12.6 Å². The molecule has 2 aromatic rings. The Labute approximate surface area is 220 Å². The number of rotatable bonds is 11. The van der Waals surface area contributed by atoms with Crippen LogP contribution in [0.5, 0.6) is 5.75 Å². The maximum atomic E-state index is 13.3. The summed E-state index contributed by atoms with van der Waals surface area (Å²) in [5.41, 5.74) is 7.72. The van der Waals surface area contributed by atoms with Crippen LogP contribution < -0.4 is 16.4 Å². The molecule has 198 valence electrons. The standard InChI is InChI=1S/C26H32N4O6S/c27-19(13-17-8-10-18(31)11-9-17)25(34)30-12-4-7-22(30)24(33)28-20(14-16-5-2-1-3-6-16)23(32)29-21(15-37)26(35)36/h1-3,5-6,8-11,19-22,31,37H,4,7,12-15,27H2,(H,28,33)(H,29,32)(H,35,36). The molecule has 0 aliphatic carbocycles. The Balaban J connectivity index is 1.71. The van der Waals surface area contributed by atoms with E-state index in [0.717, 1.165) is 11.1 Å². The Morgan fingerprint density at radius 3 is 2.24 bits per heavy atom. The summed E-state index contributed by atoms with van der Waals surface area (Å²) in [7, 11) is 0. The van der Waals surface area contributed by atoms with Gasteiger partial charge in [0.2, 0.25) is 17.7 Å². The van der Waals surface area contributed by atoms with Crippen LogP contribution in [0.2, 0.25) is 0 Å². The van der Waals surface area contributed by atoms with E-state index >= 15 is 0 Å². The first-order chi connectivity index (χ1) is 17.7. The highest BCUT2D eigenvalue weighted by Gasteiger charge is 2.38. The number of aromatic hydroxyl groups is 1. The average molecular weight is 529 g/mol. The summed E-state index contributed by atoms with van der Waals surface area (Å²) in [6.07, 6.45) is 1.39. The van der Waals surface area contributed by atoms with Crippen molar-refractivity contribution < 1.29 is 29.4 Å². The number of hydrogen-bond acceptors (Lipinski definition) is 7. The Kier molecular flexibility index (Phi) is 9.93. The number of amides is 3. The summed E-state index contributed by atoms with van der Waals surface area (Å²) in [6, 6.07) is 11.4. The number of carboxylic acid groups (broad SMARTS) is 1. The van der Waals surface area contributed by atoms with Crippen LogP contribution >= 0.6 is 12.6 Å². The Bertz CT molecular complexity index is 1100. The lowest BCUT2D eigenvalue weighted by molar-refractivity contribution is -0.142. The molecular weight excluding hydrogens is 496 g/mol. The van der Waals surface area contributed by atoms with Crippen molar-refractivity contribution in [3.05, 3.63) is 65.7 Å². The zero-order valence-electron chi connectivity index (χ0n) is 20.2. The number of carbonyl (C=O) groups excluding carboxylic acids is 3. The number of nitrogens with two attached hydrogens (primary N) is 1. The van der Waals surface area contributed by atoms with E-state index in [9.17, 15) is 29.4 Å². The largest absolute Gasteiger partial charge is 0.508 e. The van der Waals surface area contributed by atoms with E-state index in [2.05, 4.69) is 23.3 Å². The second-order valence-corrected chi connectivity index (χ2v) is 9.36. The number of aliphatic carboxylic acids is 1. The van der Waals surface area contributed by atoms with Gasteiger partial charge in [-0.05, 0) is 42.5 Å². The third-order valence-electron chi connectivity index (χ3n) is 6.26. The number of carboxylic acids is 1. The van der Waals surface area contributed by atoms with Gasteiger partial charge >= 0.3 is 5.97 Å². The van der Waals surface area contributed by atoms with Crippen LogP contribution in [0.4, 0.5) is 0 Å². The minimum absolute atomic E-state index is 0.109. The van der Waals surface area contributed by atoms with E-state index in [-0.39, 0.29) is 30.3 Å². The quantitative estimate of drug-likeness (QED) is 0.231. The fourth-order valence-electron chi connectivity index (χ4n) is 4.27. The molecule has 1 fully saturated rings. The first-order valence-corrected chi connectivity index (χ1v) is 12.6. The van der Waals surface area contributed by atoms with Crippen LogP contribution in [-0.4, -0.2) is 75.3 Å². The zero-order chi connectivity index (χ0) is 26.9. The van der Waals surface area contributed by atoms with Crippen LogP contribution in [0.1, 0.15) is 24.0 Å². The van der Waals surface area contributed by atoms with Crippen molar-refractivity contribution >= 4 is 36.3 Å². The molecule has 2 aromatic carbocycles. The van der Waals surface area contributed by atoms with Gasteiger partial charge in [0.15, 0.2) is 0 Å². The first kappa shape index (κ1) is 28.0.